The van der Waals surface area contributed by atoms with E-state index in [0.717, 1.165) is 17.1 Å². The Morgan fingerprint density at radius 3 is 1.98 bits per heavy atom. The van der Waals surface area contributed by atoms with Gasteiger partial charge in [0.2, 0.25) is 0 Å². The van der Waals surface area contributed by atoms with Crippen LogP contribution in [-0.2, 0) is 0 Å². The van der Waals surface area contributed by atoms with Gasteiger partial charge in [0.1, 0.15) is 11.5 Å². The minimum Gasteiger partial charge on any atom is -0.456 e. The van der Waals surface area contributed by atoms with Crippen LogP contribution in [0.1, 0.15) is 0 Å². The van der Waals surface area contributed by atoms with E-state index in [1.165, 1.54) is 70.9 Å². The second kappa shape index (κ2) is 8.55. The highest BCUT2D eigenvalue weighted by molar-refractivity contribution is 6.25. The van der Waals surface area contributed by atoms with Gasteiger partial charge in [-0.05, 0) is 95.9 Å². The average Bonchev–Trinajstić information content (AvgIpc) is 3.04. The van der Waals surface area contributed by atoms with Crippen molar-refractivity contribution in [2.45, 2.75) is 0 Å². The number of ether oxygens (including phenoxy) is 1. The van der Waals surface area contributed by atoms with E-state index >= 15 is 0 Å². The molecule has 0 amide bonds. The Hall–Kier alpha value is -5.40. The van der Waals surface area contributed by atoms with Gasteiger partial charge in [-0.2, -0.15) is 0 Å². The minimum absolute atomic E-state index is 0.902. The molecule has 0 radical (unpaired) electrons. The molecular weight excluding hydrogens is 496 g/mol. The summed E-state index contributed by atoms with van der Waals surface area (Å²) in [5.74, 6) is 1.81. The summed E-state index contributed by atoms with van der Waals surface area (Å²) in [5, 5.41) is 9.98. The molecule has 0 saturated heterocycles. The monoisotopic (exact) mass is 520 g/mol. The van der Waals surface area contributed by atoms with E-state index in [1.807, 2.05) is 0 Å². The van der Waals surface area contributed by atoms with Crippen LogP contribution in [0.25, 0.3) is 76.5 Å². The van der Waals surface area contributed by atoms with Crippen LogP contribution in [-0.4, -0.2) is 0 Å². The molecule has 41 heavy (non-hydrogen) atoms. The first-order valence-corrected chi connectivity index (χ1v) is 14.1. The molecule has 0 aromatic heterocycles. The Morgan fingerprint density at radius 2 is 1.07 bits per heavy atom. The van der Waals surface area contributed by atoms with Crippen LogP contribution in [0.5, 0.6) is 11.5 Å². The normalized spacial score (nSPS) is 12.1. The zero-order valence-corrected chi connectivity index (χ0v) is 22.3. The SMILES string of the molecule is c1ccc(-c2ccc3c(c2)-c2cccc4c(-c5c6ccccc6cc6ccc7ccccc7c56)ccc(c24)O3)cc1. The van der Waals surface area contributed by atoms with Crippen molar-refractivity contribution >= 4 is 43.1 Å². The second-order valence-corrected chi connectivity index (χ2v) is 10.9. The van der Waals surface area contributed by atoms with Crippen LogP contribution in [0.15, 0.2) is 146 Å². The molecule has 1 aliphatic rings. The highest BCUT2D eigenvalue weighted by Gasteiger charge is 2.23. The standard InChI is InChI=1S/C40H24O/c1-2-9-25(10-3-1)27-19-21-36-35(24-27)33-16-8-15-32-34(20-22-37(41-36)39(32)33)40-31-14-7-5-12-28(31)23-29-18-17-26-11-4-6-13-30(26)38(29)40/h1-24H. The van der Waals surface area contributed by atoms with Gasteiger partial charge in [0.05, 0.1) is 0 Å². The maximum Gasteiger partial charge on any atom is 0.135 e. The van der Waals surface area contributed by atoms with E-state index in [-0.39, 0.29) is 0 Å². The highest BCUT2D eigenvalue weighted by Crippen LogP contribution is 2.51. The summed E-state index contributed by atoms with van der Waals surface area (Å²) in [4.78, 5) is 0. The van der Waals surface area contributed by atoms with Crippen molar-refractivity contribution in [3.05, 3.63) is 146 Å². The van der Waals surface area contributed by atoms with Crippen molar-refractivity contribution in [2.24, 2.45) is 0 Å². The Balaban J connectivity index is 1.38. The van der Waals surface area contributed by atoms with E-state index in [1.54, 1.807) is 0 Å². The topological polar surface area (TPSA) is 9.23 Å². The summed E-state index contributed by atoms with van der Waals surface area (Å²) >= 11 is 0. The minimum atomic E-state index is 0.902. The summed E-state index contributed by atoms with van der Waals surface area (Å²) in [6.45, 7) is 0. The Kier molecular flexibility index (Phi) is 4.67. The van der Waals surface area contributed by atoms with Crippen molar-refractivity contribution in [3.63, 3.8) is 0 Å². The molecule has 0 spiro atoms. The fourth-order valence-corrected chi connectivity index (χ4v) is 6.78. The average molecular weight is 521 g/mol. The van der Waals surface area contributed by atoms with Crippen LogP contribution < -0.4 is 4.74 Å². The number of rotatable bonds is 2. The first-order chi connectivity index (χ1) is 20.3. The quantitative estimate of drug-likeness (QED) is 0.163. The smallest absolute Gasteiger partial charge is 0.135 e. The number of hydrogen-bond donors (Lipinski definition) is 0. The van der Waals surface area contributed by atoms with E-state index in [9.17, 15) is 0 Å². The van der Waals surface area contributed by atoms with Crippen LogP contribution in [0.2, 0.25) is 0 Å². The fourth-order valence-electron chi connectivity index (χ4n) is 6.78. The van der Waals surface area contributed by atoms with Gasteiger partial charge >= 0.3 is 0 Å². The van der Waals surface area contributed by atoms with Crippen LogP contribution in [0.3, 0.4) is 0 Å². The molecule has 1 nitrogen and oxygen atoms in total. The molecule has 1 heteroatoms. The third kappa shape index (κ3) is 3.30. The van der Waals surface area contributed by atoms with Crippen molar-refractivity contribution in [1.82, 2.24) is 0 Å². The lowest BCUT2D eigenvalue weighted by Gasteiger charge is -2.24. The number of hydrogen-bond acceptors (Lipinski definition) is 1. The first-order valence-electron chi connectivity index (χ1n) is 14.1. The van der Waals surface area contributed by atoms with Gasteiger partial charge in [-0.3, -0.25) is 0 Å². The lowest BCUT2D eigenvalue weighted by molar-refractivity contribution is 0.487. The molecule has 0 bridgehead atoms. The summed E-state index contributed by atoms with van der Waals surface area (Å²) in [5.41, 5.74) is 7.26. The van der Waals surface area contributed by atoms with Gasteiger partial charge in [0.25, 0.3) is 0 Å². The molecule has 8 aromatic carbocycles. The number of fused-ring (bicyclic) bond motifs is 6. The van der Waals surface area contributed by atoms with Gasteiger partial charge in [0, 0.05) is 10.9 Å². The van der Waals surface area contributed by atoms with Crippen molar-refractivity contribution in [3.8, 4) is 44.9 Å². The van der Waals surface area contributed by atoms with Crippen LogP contribution >= 0.6 is 0 Å². The molecule has 0 saturated carbocycles. The molecule has 0 aliphatic carbocycles. The van der Waals surface area contributed by atoms with Crippen molar-refractivity contribution < 1.29 is 4.74 Å². The predicted molar refractivity (Wildman–Crippen MR) is 173 cm³/mol. The van der Waals surface area contributed by atoms with Gasteiger partial charge in [0.15, 0.2) is 0 Å². The van der Waals surface area contributed by atoms with Gasteiger partial charge in [-0.15, -0.1) is 0 Å². The third-order valence-corrected chi connectivity index (χ3v) is 8.62. The molecular formula is C40H24O. The molecule has 190 valence electrons. The van der Waals surface area contributed by atoms with E-state index in [0.29, 0.717) is 0 Å². The second-order valence-electron chi connectivity index (χ2n) is 10.9. The first kappa shape index (κ1) is 22.4. The summed E-state index contributed by atoms with van der Waals surface area (Å²) in [7, 11) is 0. The molecule has 1 heterocycles. The van der Waals surface area contributed by atoms with Crippen LogP contribution in [0.4, 0.5) is 0 Å². The Morgan fingerprint density at radius 1 is 0.341 bits per heavy atom. The number of benzene rings is 8. The summed E-state index contributed by atoms with van der Waals surface area (Å²) in [6, 6.07) is 52.5. The molecule has 0 N–H and O–H groups in total. The van der Waals surface area contributed by atoms with E-state index in [2.05, 4.69) is 146 Å². The zero-order chi connectivity index (χ0) is 26.9. The van der Waals surface area contributed by atoms with Gasteiger partial charge < -0.3 is 4.74 Å². The molecule has 9 rings (SSSR count). The molecule has 0 atom stereocenters. The zero-order valence-electron chi connectivity index (χ0n) is 22.3. The maximum atomic E-state index is 6.58. The summed E-state index contributed by atoms with van der Waals surface area (Å²) in [6.07, 6.45) is 0. The van der Waals surface area contributed by atoms with Crippen molar-refractivity contribution in [2.75, 3.05) is 0 Å². The largest absolute Gasteiger partial charge is 0.456 e. The molecule has 8 aromatic rings. The molecule has 1 aliphatic heterocycles. The lowest BCUT2D eigenvalue weighted by atomic mass is 9.85. The van der Waals surface area contributed by atoms with Gasteiger partial charge in [-0.25, -0.2) is 0 Å². The maximum absolute atomic E-state index is 6.58. The summed E-state index contributed by atoms with van der Waals surface area (Å²) < 4.78 is 6.58. The van der Waals surface area contributed by atoms with E-state index < -0.39 is 0 Å². The lowest BCUT2D eigenvalue weighted by Crippen LogP contribution is -1.98. The molecule has 0 fully saturated rings. The van der Waals surface area contributed by atoms with E-state index in [4.69, 9.17) is 4.74 Å². The van der Waals surface area contributed by atoms with Crippen LogP contribution in [0, 0.1) is 0 Å². The third-order valence-electron chi connectivity index (χ3n) is 8.62. The predicted octanol–water partition coefficient (Wildman–Crippen LogP) is 11.4. The Labute approximate surface area is 237 Å². The highest BCUT2D eigenvalue weighted by atomic mass is 16.5. The fraction of sp³-hybridized carbons (Fsp3) is 0. The van der Waals surface area contributed by atoms with Gasteiger partial charge in [-0.1, -0.05) is 115 Å². The molecule has 0 unspecified atom stereocenters. The Bertz CT molecular complexity index is 2330. The van der Waals surface area contributed by atoms with Crippen molar-refractivity contribution in [1.29, 1.82) is 0 Å².